The van der Waals surface area contributed by atoms with Gasteiger partial charge in [0.05, 0.1) is 18.7 Å². The van der Waals surface area contributed by atoms with Crippen LogP contribution in [0.15, 0.2) is 24.3 Å². The standard InChI is InChI=1S/C16H19N3O6/c1-17-13(20)8-19(2)14(21)9-24-15(22)7-12-16(23)18-10-5-3-4-6-11(10)25-12/h3-6,12H,7-9H2,1-2H3,(H,17,20)(H,18,23)/t12-/m0/s1. The lowest BCUT2D eigenvalue weighted by Crippen LogP contribution is -2.40. The van der Waals surface area contributed by atoms with Crippen LogP contribution in [-0.2, 0) is 23.9 Å². The highest BCUT2D eigenvalue weighted by molar-refractivity contribution is 5.99. The molecule has 0 unspecified atom stereocenters. The number of rotatable bonds is 6. The monoisotopic (exact) mass is 349 g/mol. The predicted octanol–water partition coefficient (Wildman–Crippen LogP) is -0.476. The highest BCUT2D eigenvalue weighted by Crippen LogP contribution is 2.29. The van der Waals surface area contributed by atoms with E-state index in [2.05, 4.69) is 10.6 Å². The molecule has 1 aromatic rings. The van der Waals surface area contributed by atoms with Gasteiger partial charge in [0, 0.05) is 14.1 Å². The summed E-state index contributed by atoms with van der Waals surface area (Å²) in [4.78, 5) is 47.9. The first-order chi connectivity index (χ1) is 11.9. The minimum atomic E-state index is -1.03. The van der Waals surface area contributed by atoms with E-state index in [1.165, 1.54) is 14.1 Å². The van der Waals surface area contributed by atoms with Crippen LogP contribution in [0.5, 0.6) is 5.75 Å². The van der Waals surface area contributed by atoms with Crippen LogP contribution in [0.3, 0.4) is 0 Å². The van der Waals surface area contributed by atoms with E-state index in [1.54, 1.807) is 24.3 Å². The Morgan fingerprint density at radius 3 is 2.76 bits per heavy atom. The molecule has 3 amide bonds. The molecule has 0 aromatic heterocycles. The first kappa shape index (κ1) is 18.2. The van der Waals surface area contributed by atoms with Crippen molar-refractivity contribution in [3.05, 3.63) is 24.3 Å². The van der Waals surface area contributed by atoms with Gasteiger partial charge in [-0.15, -0.1) is 0 Å². The number of hydrogen-bond donors (Lipinski definition) is 2. The highest BCUT2D eigenvalue weighted by Gasteiger charge is 2.30. The second-order valence-corrected chi connectivity index (χ2v) is 5.38. The Balaban J connectivity index is 1.81. The summed E-state index contributed by atoms with van der Waals surface area (Å²) in [6.45, 7) is -0.658. The fraction of sp³-hybridized carbons (Fsp3) is 0.375. The van der Waals surface area contributed by atoms with Crippen molar-refractivity contribution < 1.29 is 28.7 Å². The lowest BCUT2D eigenvalue weighted by molar-refractivity contribution is -0.154. The number of carbonyl (C=O) groups is 4. The third kappa shape index (κ3) is 4.93. The van der Waals surface area contributed by atoms with Gasteiger partial charge in [0.25, 0.3) is 11.8 Å². The van der Waals surface area contributed by atoms with E-state index in [9.17, 15) is 19.2 Å². The van der Waals surface area contributed by atoms with Crippen molar-refractivity contribution >= 4 is 29.4 Å². The Hall–Kier alpha value is -3.10. The molecule has 0 fully saturated rings. The minimum Gasteiger partial charge on any atom is -0.478 e. The Morgan fingerprint density at radius 2 is 2.04 bits per heavy atom. The third-order valence-electron chi connectivity index (χ3n) is 3.50. The molecule has 1 atom stereocenters. The van der Waals surface area contributed by atoms with Gasteiger partial charge in [0.15, 0.2) is 12.7 Å². The lowest BCUT2D eigenvalue weighted by atomic mass is 10.1. The maximum Gasteiger partial charge on any atom is 0.310 e. The largest absolute Gasteiger partial charge is 0.478 e. The van der Waals surface area contributed by atoms with Gasteiger partial charge in [-0.25, -0.2) is 0 Å². The Morgan fingerprint density at radius 1 is 1.32 bits per heavy atom. The first-order valence-electron chi connectivity index (χ1n) is 7.57. The number of carbonyl (C=O) groups excluding carboxylic acids is 4. The molecule has 1 aromatic carbocycles. The van der Waals surface area contributed by atoms with Crippen molar-refractivity contribution in [1.29, 1.82) is 0 Å². The SMILES string of the molecule is CNC(=O)CN(C)C(=O)COC(=O)C[C@@H]1Oc2ccccc2NC1=O. The fourth-order valence-corrected chi connectivity index (χ4v) is 2.07. The van der Waals surface area contributed by atoms with Gasteiger partial charge < -0.3 is 25.0 Å². The third-order valence-corrected chi connectivity index (χ3v) is 3.50. The summed E-state index contributed by atoms with van der Waals surface area (Å²) in [5.41, 5.74) is 0.531. The molecule has 1 heterocycles. The number of nitrogens with zero attached hydrogens (tertiary/aromatic N) is 1. The molecule has 9 heteroatoms. The van der Waals surface area contributed by atoms with Gasteiger partial charge in [-0.2, -0.15) is 0 Å². The molecule has 2 rings (SSSR count). The molecule has 0 radical (unpaired) electrons. The van der Waals surface area contributed by atoms with Crippen molar-refractivity contribution in [2.75, 3.05) is 32.6 Å². The Labute approximate surface area is 144 Å². The van der Waals surface area contributed by atoms with Crippen LogP contribution in [-0.4, -0.2) is 61.9 Å². The van der Waals surface area contributed by atoms with E-state index in [-0.39, 0.29) is 18.9 Å². The van der Waals surface area contributed by atoms with Crippen molar-refractivity contribution in [3.8, 4) is 5.75 Å². The van der Waals surface area contributed by atoms with Crippen LogP contribution in [0.2, 0.25) is 0 Å². The number of likely N-dealkylation sites (N-methyl/N-ethyl adjacent to an activating group) is 2. The molecule has 0 bridgehead atoms. The summed E-state index contributed by atoms with van der Waals surface area (Å²) in [6, 6.07) is 6.84. The van der Waals surface area contributed by atoms with E-state index in [1.807, 2.05) is 0 Å². The summed E-state index contributed by atoms with van der Waals surface area (Å²) in [6.07, 6.45) is -1.35. The highest BCUT2D eigenvalue weighted by atomic mass is 16.5. The van der Waals surface area contributed by atoms with Crippen LogP contribution in [0.25, 0.3) is 0 Å². The number of ether oxygens (including phenoxy) is 2. The summed E-state index contributed by atoms with van der Waals surface area (Å²) < 4.78 is 10.3. The van der Waals surface area contributed by atoms with Gasteiger partial charge in [0.2, 0.25) is 5.91 Å². The van der Waals surface area contributed by atoms with Gasteiger partial charge in [-0.05, 0) is 12.1 Å². The number of para-hydroxylation sites is 2. The summed E-state index contributed by atoms with van der Waals surface area (Å²) in [5, 5.41) is 5.02. The average Bonchev–Trinajstić information content (AvgIpc) is 2.60. The van der Waals surface area contributed by atoms with E-state index in [0.717, 1.165) is 4.90 Å². The van der Waals surface area contributed by atoms with E-state index >= 15 is 0 Å². The number of fused-ring (bicyclic) bond motifs is 1. The predicted molar refractivity (Wildman–Crippen MR) is 86.8 cm³/mol. The van der Waals surface area contributed by atoms with Crippen molar-refractivity contribution in [2.45, 2.75) is 12.5 Å². The van der Waals surface area contributed by atoms with Crippen molar-refractivity contribution in [3.63, 3.8) is 0 Å². The Bertz CT molecular complexity index is 690. The minimum absolute atomic E-state index is 0.141. The molecular formula is C16H19N3O6. The van der Waals surface area contributed by atoms with E-state index in [0.29, 0.717) is 11.4 Å². The van der Waals surface area contributed by atoms with Gasteiger partial charge in [-0.1, -0.05) is 12.1 Å². The van der Waals surface area contributed by atoms with Crippen LogP contribution in [0.4, 0.5) is 5.69 Å². The quantitative estimate of drug-likeness (QED) is 0.671. The van der Waals surface area contributed by atoms with Crippen LogP contribution < -0.4 is 15.4 Å². The molecule has 1 aliphatic heterocycles. The normalized spacial score (nSPS) is 15.3. The summed E-state index contributed by atoms with van der Waals surface area (Å²) in [7, 11) is 2.87. The number of amides is 3. The van der Waals surface area contributed by atoms with Crippen LogP contribution in [0, 0.1) is 0 Å². The van der Waals surface area contributed by atoms with Crippen molar-refractivity contribution in [1.82, 2.24) is 10.2 Å². The maximum atomic E-state index is 11.9. The number of esters is 1. The van der Waals surface area contributed by atoms with Crippen molar-refractivity contribution in [2.24, 2.45) is 0 Å². The van der Waals surface area contributed by atoms with Gasteiger partial charge in [0.1, 0.15) is 5.75 Å². The zero-order valence-corrected chi connectivity index (χ0v) is 13.9. The number of benzene rings is 1. The van der Waals surface area contributed by atoms with Gasteiger partial charge in [-0.3, -0.25) is 19.2 Å². The fourth-order valence-electron chi connectivity index (χ4n) is 2.07. The summed E-state index contributed by atoms with van der Waals surface area (Å²) >= 11 is 0. The molecule has 0 saturated carbocycles. The van der Waals surface area contributed by atoms with E-state index < -0.39 is 30.5 Å². The molecule has 134 valence electrons. The number of nitrogens with one attached hydrogen (secondary N) is 2. The van der Waals surface area contributed by atoms with E-state index in [4.69, 9.17) is 9.47 Å². The topological polar surface area (TPSA) is 114 Å². The first-order valence-corrected chi connectivity index (χ1v) is 7.57. The van der Waals surface area contributed by atoms with Crippen LogP contribution in [0.1, 0.15) is 6.42 Å². The average molecular weight is 349 g/mol. The number of anilines is 1. The maximum absolute atomic E-state index is 11.9. The molecule has 1 aliphatic rings. The zero-order valence-electron chi connectivity index (χ0n) is 13.9. The second-order valence-electron chi connectivity index (χ2n) is 5.38. The molecule has 9 nitrogen and oxygen atoms in total. The lowest BCUT2D eigenvalue weighted by Gasteiger charge is -2.25. The second kappa shape index (κ2) is 8.13. The molecular weight excluding hydrogens is 330 g/mol. The summed E-state index contributed by atoms with van der Waals surface area (Å²) in [5.74, 6) is -1.62. The molecule has 0 aliphatic carbocycles. The molecule has 25 heavy (non-hydrogen) atoms. The Kier molecular flexibility index (Phi) is 5.93. The van der Waals surface area contributed by atoms with Gasteiger partial charge >= 0.3 is 5.97 Å². The molecule has 2 N–H and O–H groups in total. The number of hydrogen-bond acceptors (Lipinski definition) is 6. The zero-order chi connectivity index (χ0) is 18.4. The molecule has 0 spiro atoms. The smallest absolute Gasteiger partial charge is 0.310 e. The van der Waals surface area contributed by atoms with Crippen LogP contribution >= 0.6 is 0 Å². The molecule has 0 saturated heterocycles.